The van der Waals surface area contributed by atoms with Gasteiger partial charge in [-0.05, 0) is 43.2 Å². The summed E-state index contributed by atoms with van der Waals surface area (Å²) in [4.78, 5) is 0. The largest absolute Gasteiger partial charge is 0.459 e. The van der Waals surface area contributed by atoms with Gasteiger partial charge in [0.25, 0.3) is 0 Å². The van der Waals surface area contributed by atoms with Gasteiger partial charge in [0, 0.05) is 5.39 Å². The molecule has 1 heterocycles. The highest BCUT2D eigenvalue weighted by atomic mass is 19.1. The van der Waals surface area contributed by atoms with Crippen LogP contribution in [0.2, 0.25) is 0 Å². The molecule has 4 heteroatoms. The maximum atomic E-state index is 13.2. The van der Waals surface area contributed by atoms with Crippen molar-refractivity contribution in [1.29, 1.82) is 0 Å². The highest BCUT2D eigenvalue weighted by molar-refractivity contribution is 5.78. The van der Waals surface area contributed by atoms with E-state index in [0.717, 1.165) is 5.39 Å². The number of rotatable bonds is 4. The molecule has 108 valence electrons. The molecular weight excluding hydrogens is 267 g/mol. The summed E-state index contributed by atoms with van der Waals surface area (Å²) < 4.78 is 19.0. The monoisotopic (exact) mass is 284 g/mol. The van der Waals surface area contributed by atoms with Gasteiger partial charge in [-0.25, -0.2) is 9.82 Å². The second-order valence-electron chi connectivity index (χ2n) is 5.24. The molecule has 1 atom stereocenters. The standard InChI is InChI=1S/C17H17FN2O/c1-11-3-2-4-12(7-11)8-15(20-19)17-10-13-9-14(18)5-6-16(13)21-17/h2-7,9-10,15,20H,8,19H2,1H3. The molecule has 0 fully saturated rings. The summed E-state index contributed by atoms with van der Waals surface area (Å²) in [6.45, 7) is 2.05. The van der Waals surface area contributed by atoms with E-state index in [1.165, 1.54) is 23.3 Å². The van der Waals surface area contributed by atoms with Crippen LogP contribution in [0.3, 0.4) is 0 Å². The maximum absolute atomic E-state index is 13.2. The molecule has 3 aromatic rings. The van der Waals surface area contributed by atoms with Crippen molar-refractivity contribution in [1.82, 2.24) is 5.43 Å². The first-order valence-corrected chi connectivity index (χ1v) is 6.86. The van der Waals surface area contributed by atoms with Gasteiger partial charge in [0.15, 0.2) is 0 Å². The van der Waals surface area contributed by atoms with Crippen molar-refractivity contribution >= 4 is 11.0 Å². The van der Waals surface area contributed by atoms with Gasteiger partial charge < -0.3 is 4.42 Å². The number of furan rings is 1. The molecule has 0 radical (unpaired) electrons. The van der Waals surface area contributed by atoms with Crippen LogP contribution in [0.15, 0.2) is 52.9 Å². The minimum Gasteiger partial charge on any atom is -0.459 e. The summed E-state index contributed by atoms with van der Waals surface area (Å²) in [6, 6.07) is 14.4. The van der Waals surface area contributed by atoms with Crippen molar-refractivity contribution in [2.45, 2.75) is 19.4 Å². The summed E-state index contributed by atoms with van der Waals surface area (Å²) in [5.41, 5.74) is 5.81. The molecule has 0 amide bonds. The van der Waals surface area contributed by atoms with Crippen molar-refractivity contribution in [2.75, 3.05) is 0 Å². The first-order valence-electron chi connectivity index (χ1n) is 6.86. The van der Waals surface area contributed by atoms with Gasteiger partial charge >= 0.3 is 0 Å². The van der Waals surface area contributed by atoms with Crippen LogP contribution in [-0.2, 0) is 6.42 Å². The van der Waals surface area contributed by atoms with E-state index < -0.39 is 0 Å². The molecule has 21 heavy (non-hydrogen) atoms. The van der Waals surface area contributed by atoms with Crippen LogP contribution in [0.5, 0.6) is 0 Å². The highest BCUT2D eigenvalue weighted by Gasteiger charge is 2.16. The number of hydrogen-bond acceptors (Lipinski definition) is 3. The van der Waals surface area contributed by atoms with Crippen molar-refractivity contribution in [3.63, 3.8) is 0 Å². The van der Waals surface area contributed by atoms with E-state index in [9.17, 15) is 4.39 Å². The third-order valence-electron chi connectivity index (χ3n) is 3.56. The molecule has 1 unspecified atom stereocenters. The predicted molar refractivity (Wildman–Crippen MR) is 81.1 cm³/mol. The Hall–Kier alpha value is -2.17. The molecule has 0 aliphatic heterocycles. The summed E-state index contributed by atoms with van der Waals surface area (Å²) in [6.07, 6.45) is 0.709. The van der Waals surface area contributed by atoms with Crippen LogP contribution in [0, 0.1) is 12.7 Å². The Bertz CT molecular complexity index is 766. The average molecular weight is 284 g/mol. The molecule has 3 N–H and O–H groups in total. The lowest BCUT2D eigenvalue weighted by Gasteiger charge is -2.13. The van der Waals surface area contributed by atoms with Gasteiger partial charge in [-0.2, -0.15) is 0 Å². The molecule has 0 spiro atoms. The first-order chi connectivity index (χ1) is 10.2. The SMILES string of the molecule is Cc1cccc(CC(NN)c2cc3cc(F)ccc3o2)c1. The Labute approximate surface area is 122 Å². The second-order valence-corrected chi connectivity index (χ2v) is 5.24. The lowest BCUT2D eigenvalue weighted by atomic mass is 10.0. The Balaban J connectivity index is 1.90. The van der Waals surface area contributed by atoms with E-state index in [1.54, 1.807) is 6.07 Å². The lowest BCUT2D eigenvalue weighted by Crippen LogP contribution is -2.29. The zero-order valence-corrected chi connectivity index (χ0v) is 11.8. The number of nitrogens with one attached hydrogen (secondary N) is 1. The topological polar surface area (TPSA) is 51.2 Å². The molecule has 3 rings (SSSR count). The molecule has 0 saturated heterocycles. The minimum atomic E-state index is -0.272. The van der Waals surface area contributed by atoms with Gasteiger partial charge in [0.05, 0.1) is 6.04 Å². The van der Waals surface area contributed by atoms with Crippen LogP contribution < -0.4 is 11.3 Å². The average Bonchev–Trinajstić information content (AvgIpc) is 2.87. The normalized spacial score (nSPS) is 12.7. The van der Waals surface area contributed by atoms with Gasteiger partial charge in [-0.1, -0.05) is 29.8 Å². The van der Waals surface area contributed by atoms with Gasteiger partial charge in [0.1, 0.15) is 17.2 Å². The highest BCUT2D eigenvalue weighted by Crippen LogP contribution is 2.26. The quantitative estimate of drug-likeness (QED) is 0.568. The zero-order valence-electron chi connectivity index (χ0n) is 11.8. The van der Waals surface area contributed by atoms with Crippen molar-refractivity contribution in [3.8, 4) is 0 Å². The Morgan fingerprint density at radius 1 is 1.19 bits per heavy atom. The summed E-state index contributed by atoms with van der Waals surface area (Å²) in [5.74, 6) is 6.09. The Morgan fingerprint density at radius 3 is 2.81 bits per heavy atom. The number of hydrazine groups is 1. The van der Waals surface area contributed by atoms with Crippen LogP contribution >= 0.6 is 0 Å². The van der Waals surface area contributed by atoms with Crippen molar-refractivity contribution < 1.29 is 8.81 Å². The molecule has 0 bridgehead atoms. The Morgan fingerprint density at radius 2 is 2.05 bits per heavy atom. The summed E-state index contributed by atoms with van der Waals surface area (Å²) in [7, 11) is 0. The lowest BCUT2D eigenvalue weighted by molar-refractivity contribution is 0.434. The van der Waals surface area contributed by atoms with Gasteiger partial charge in [-0.15, -0.1) is 0 Å². The van der Waals surface area contributed by atoms with Crippen molar-refractivity contribution in [3.05, 3.63) is 71.2 Å². The molecule has 2 aromatic carbocycles. The molecule has 0 aliphatic carbocycles. The zero-order chi connectivity index (χ0) is 14.8. The molecule has 1 aromatic heterocycles. The Kier molecular flexibility index (Phi) is 3.73. The molecule has 0 aliphatic rings. The van der Waals surface area contributed by atoms with E-state index in [4.69, 9.17) is 10.3 Å². The third kappa shape index (κ3) is 2.96. The second kappa shape index (κ2) is 5.68. The number of benzene rings is 2. The number of fused-ring (bicyclic) bond motifs is 1. The van der Waals surface area contributed by atoms with E-state index in [1.807, 2.05) is 12.1 Å². The number of halogens is 1. The fraction of sp³-hybridized carbons (Fsp3) is 0.176. The van der Waals surface area contributed by atoms with Crippen molar-refractivity contribution in [2.24, 2.45) is 5.84 Å². The van der Waals surface area contributed by atoms with E-state index in [0.29, 0.717) is 17.8 Å². The van der Waals surface area contributed by atoms with Gasteiger partial charge in [0.2, 0.25) is 0 Å². The van der Waals surface area contributed by atoms with E-state index in [2.05, 4.69) is 30.5 Å². The molecular formula is C17H17FN2O. The summed E-state index contributed by atoms with van der Waals surface area (Å²) in [5, 5.41) is 0.745. The number of hydrogen-bond donors (Lipinski definition) is 2. The first kappa shape index (κ1) is 13.8. The van der Waals surface area contributed by atoms with E-state index in [-0.39, 0.29) is 11.9 Å². The van der Waals surface area contributed by atoms with Gasteiger partial charge in [-0.3, -0.25) is 5.84 Å². The molecule has 0 saturated carbocycles. The van der Waals surface area contributed by atoms with Crippen LogP contribution in [0.4, 0.5) is 4.39 Å². The third-order valence-corrected chi connectivity index (χ3v) is 3.56. The van der Waals surface area contributed by atoms with Crippen LogP contribution in [0.25, 0.3) is 11.0 Å². The minimum absolute atomic E-state index is 0.151. The maximum Gasteiger partial charge on any atom is 0.134 e. The van der Waals surface area contributed by atoms with Crippen LogP contribution in [-0.4, -0.2) is 0 Å². The fourth-order valence-electron chi connectivity index (χ4n) is 2.52. The number of nitrogens with two attached hydrogens (primary N) is 1. The number of aryl methyl sites for hydroxylation is 1. The fourth-order valence-corrected chi connectivity index (χ4v) is 2.52. The summed E-state index contributed by atoms with van der Waals surface area (Å²) >= 11 is 0. The van der Waals surface area contributed by atoms with Crippen LogP contribution in [0.1, 0.15) is 22.9 Å². The smallest absolute Gasteiger partial charge is 0.134 e. The predicted octanol–water partition coefficient (Wildman–Crippen LogP) is 3.63. The molecule has 3 nitrogen and oxygen atoms in total. The van der Waals surface area contributed by atoms with E-state index >= 15 is 0 Å².